The van der Waals surface area contributed by atoms with Gasteiger partial charge in [0, 0.05) is 12.8 Å². The lowest BCUT2D eigenvalue weighted by Gasteiger charge is -2.24. The van der Waals surface area contributed by atoms with Crippen molar-refractivity contribution in [3.63, 3.8) is 0 Å². The van der Waals surface area contributed by atoms with Gasteiger partial charge in [-0.2, -0.15) is 0 Å². The summed E-state index contributed by atoms with van der Waals surface area (Å²) < 4.78 is 5.13. The van der Waals surface area contributed by atoms with E-state index in [-0.39, 0.29) is 25.2 Å². The van der Waals surface area contributed by atoms with Gasteiger partial charge in [-0.15, -0.1) is 0 Å². The number of carbonyl (C=O) groups excluding carboxylic acids is 2. The van der Waals surface area contributed by atoms with Crippen molar-refractivity contribution in [2.24, 2.45) is 0 Å². The molecule has 0 aliphatic rings. The quantitative estimate of drug-likeness (QED) is 0.696. The summed E-state index contributed by atoms with van der Waals surface area (Å²) in [4.78, 5) is 33.6. The summed E-state index contributed by atoms with van der Waals surface area (Å²) in [5.74, 6) is -1.93. The SMILES string of the molecule is CCC(=O)NC(CCC(=O)O)C(=O)OC(C)(C)C. The van der Waals surface area contributed by atoms with E-state index in [2.05, 4.69) is 5.32 Å². The first-order chi connectivity index (χ1) is 8.15. The molecule has 1 amide bonds. The molecule has 0 aliphatic carbocycles. The van der Waals surface area contributed by atoms with Crippen LogP contribution in [0.15, 0.2) is 0 Å². The second-order valence-electron chi connectivity index (χ2n) is 4.94. The molecule has 1 atom stereocenters. The van der Waals surface area contributed by atoms with Gasteiger partial charge in [0.2, 0.25) is 5.91 Å². The summed E-state index contributed by atoms with van der Waals surface area (Å²) in [6.07, 6.45) is 0.0518. The minimum atomic E-state index is -1.02. The molecule has 0 spiro atoms. The zero-order chi connectivity index (χ0) is 14.3. The van der Waals surface area contributed by atoms with Crippen LogP contribution in [-0.4, -0.2) is 34.6 Å². The Kier molecular flexibility index (Phi) is 6.36. The first kappa shape index (κ1) is 16.4. The lowest BCUT2D eigenvalue weighted by Crippen LogP contribution is -2.44. The highest BCUT2D eigenvalue weighted by molar-refractivity contribution is 5.84. The van der Waals surface area contributed by atoms with Crippen LogP contribution < -0.4 is 5.32 Å². The molecule has 2 N–H and O–H groups in total. The summed E-state index contributed by atoms with van der Waals surface area (Å²) in [5.41, 5.74) is -0.671. The van der Waals surface area contributed by atoms with Crippen molar-refractivity contribution >= 4 is 17.8 Å². The molecule has 18 heavy (non-hydrogen) atoms. The normalized spacial score (nSPS) is 12.7. The molecule has 0 bridgehead atoms. The van der Waals surface area contributed by atoms with Gasteiger partial charge in [-0.3, -0.25) is 9.59 Å². The van der Waals surface area contributed by atoms with E-state index in [0.29, 0.717) is 0 Å². The van der Waals surface area contributed by atoms with Gasteiger partial charge in [-0.1, -0.05) is 6.92 Å². The monoisotopic (exact) mass is 259 g/mol. The number of ether oxygens (including phenoxy) is 1. The molecule has 0 saturated heterocycles. The Morgan fingerprint density at radius 1 is 1.28 bits per heavy atom. The topological polar surface area (TPSA) is 92.7 Å². The van der Waals surface area contributed by atoms with Crippen molar-refractivity contribution in [3.05, 3.63) is 0 Å². The fraction of sp³-hybridized carbons (Fsp3) is 0.750. The number of carboxylic acids is 1. The Morgan fingerprint density at radius 2 is 1.83 bits per heavy atom. The number of aliphatic carboxylic acids is 1. The zero-order valence-corrected chi connectivity index (χ0v) is 11.3. The lowest BCUT2D eigenvalue weighted by atomic mass is 10.1. The molecular weight excluding hydrogens is 238 g/mol. The smallest absolute Gasteiger partial charge is 0.329 e. The third-order valence-corrected chi connectivity index (χ3v) is 1.99. The highest BCUT2D eigenvalue weighted by Crippen LogP contribution is 2.11. The largest absolute Gasteiger partial charge is 0.481 e. The van der Waals surface area contributed by atoms with Crippen molar-refractivity contribution in [1.82, 2.24) is 5.32 Å². The van der Waals surface area contributed by atoms with Gasteiger partial charge in [0.05, 0.1) is 0 Å². The number of rotatable bonds is 6. The summed E-state index contributed by atoms with van der Waals surface area (Å²) in [6, 6.07) is -0.909. The van der Waals surface area contributed by atoms with Gasteiger partial charge >= 0.3 is 11.9 Å². The van der Waals surface area contributed by atoms with E-state index in [1.165, 1.54) is 0 Å². The fourth-order valence-electron chi connectivity index (χ4n) is 1.19. The van der Waals surface area contributed by atoms with Gasteiger partial charge < -0.3 is 15.2 Å². The van der Waals surface area contributed by atoms with E-state index in [0.717, 1.165) is 0 Å². The number of esters is 1. The maximum Gasteiger partial charge on any atom is 0.329 e. The summed E-state index contributed by atoms with van der Waals surface area (Å²) >= 11 is 0. The first-order valence-corrected chi connectivity index (χ1v) is 5.89. The van der Waals surface area contributed by atoms with E-state index in [1.54, 1.807) is 27.7 Å². The summed E-state index contributed by atoms with van der Waals surface area (Å²) in [6.45, 7) is 6.78. The molecule has 0 saturated carbocycles. The number of carboxylic acid groups (broad SMARTS) is 1. The van der Waals surface area contributed by atoms with E-state index in [9.17, 15) is 14.4 Å². The average Bonchev–Trinajstić information content (AvgIpc) is 2.20. The Balaban J connectivity index is 4.58. The van der Waals surface area contributed by atoms with E-state index < -0.39 is 23.6 Å². The molecule has 0 rings (SSSR count). The van der Waals surface area contributed by atoms with E-state index in [1.807, 2.05) is 0 Å². The van der Waals surface area contributed by atoms with Crippen LogP contribution in [0.3, 0.4) is 0 Å². The number of amides is 1. The van der Waals surface area contributed by atoms with Crippen molar-refractivity contribution in [1.29, 1.82) is 0 Å². The zero-order valence-electron chi connectivity index (χ0n) is 11.3. The Labute approximate surface area is 107 Å². The highest BCUT2D eigenvalue weighted by Gasteiger charge is 2.26. The van der Waals surface area contributed by atoms with E-state index in [4.69, 9.17) is 9.84 Å². The standard InChI is InChI=1S/C12H21NO5/c1-5-9(14)13-8(6-7-10(15)16)11(17)18-12(2,3)4/h8H,5-7H2,1-4H3,(H,13,14)(H,15,16). The van der Waals surface area contributed by atoms with Gasteiger partial charge in [0.1, 0.15) is 11.6 Å². The van der Waals surface area contributed by atoms with Crippen LogP contribution in [0.1, 0.15) is 47.0 Å². The number of carbonyl (C=O) groups is 3. The molecular formula is C12H21NO5. The van der Waals surface area contributed by atoms with Crippen molar-refractivity contribution < 1.29 is 24.2 Å². The van der Waals surface area contributed by atoms with Gasteiger partial charge in [0.25, 0.3) is 0 Å². The molecule has 104 valence electrons. The molecule has 0 aliphatic heterocycles. The Morgan fingerprint density at radius 3 is 2.22 bits per heavy atom. The first-order valence-electron chi connectivity index (χ1n) is 5.89. The molecule has 6 heteroatoms. The van der Waals surface area contributed by atoms with Crippen LogP contribution in [0.2, 0.25) is 0 Å². The number of hydrogen-bond donors (Lipinski definition) is 2. The van der Waals surface area contributed by atoms with Gasteiger partial charge in [-0.05, 0) is 27.2 Å². The van der Waals surface area contributed by atoms with Gasteiger partial charge in [-0.25, -0.2) is 4.79 Å². The number of nitrogens with one attached hydrogen (secondary N) is 1. The predicted octanol–water partition coefficient (Wildman–Crippen LogP) is 1.09. The Hall–Kier alpha value is -1.59. The van der Waals surface area contributed by atoms with Crippen LogP contribution >= 0.6 is 0 Å². The van der Waals surface area contributed by atoms with Crippen molar-refractivity contribution in [2.75, 3.05) is 0 Å². The predicted molar refractivity (Wildman–Crippen MR) is 64.9 cm³/mol. The molecule has 6 nitrogen and oxygen atoms in total. The van der Waals surface area contributed by atoms with Crippen LogP contribution in [0.4, 0.5) is 0 Å². The van der Waals surface area contributed by atoms with Crippen molar-refractivity contribution in [3.8, 4) is 0 Å². The highest BCUT2D eigenvalue weighted by atomic mass is 16.6. The molecule has 0 radical (unpaired) electrons. The Bertz CT molecular complexity index is 319. The van der Waals surface area contributed by atoms with Crippen molar-refractivity contribution in [2.45, 2.75) is 58.6 Å². The molecule has 1 unspecified atom stereocenters. The fourth-order valence-corrected chi connectivity index (χ4v) is 1.19. The molecule has 0 aromatic rings. The molecule has 0 aromatic heterocycles. The summed E-state index contributed by atoms with van der Waals surface area (Å²) in [5, 5.41) is 11.1. The van der Waals surface area contributed by atoms with Crippen LogP contribution in [0, 0.1) is 0 Å². The van der Waals surface area contributed by atoms with Crippen LogP contribution in [-0.2, 0) is 19.1 Å². The minimum absolute atomic E-state index is 0.0238. The molecule has 0 heterocycles. The third kappa shape index (κ3) is 7.65. The van der Waals surface area contributed by atoms with E-state index >= 15 is 0 Å². The second kappa shape index (κ2) is 6.98. The maximum atomic E-state index is 11.8. The van der Waals surface area contributed by atoms with Crippen LogP contribution in [0.25, 0.3) is 0 Å². The number of hydrogen-bond acceptors (Lipinski definition) is 4. The second-order valence-corrected chi connectivity index (χ2v) is 4.94. The minimum Gasteiger partial charge on any atom is -0.481 e. The maximum absolute atomic E-state index is 11.8. The lowest BCUT2D eigenvalue weighted by molar-refractivity contribution is -0.159. The third-order valence-electron chi connectivity index (χ3n) is 1.99. The molecule has 0 aromatic carbocycles. The summed E-state index contributed by atoms with van der Waals surface area (Å²) in [7, 11) is 0. The van der Waals surface area contributed by atoms with Gasteiger partial charge in [0.15, 0.2) is 0 Å². The van der Waals surface area contributed by atoms with Crippen LogP contribution in [0.5, 0.6) is 0 Å². The molecule has 0 fully saturated rings. The average molecular weight is 259 g/mol.